The number of carbonyl (C=O) groups excluding carboxylic acids is 1. The Balaban J connectivity index is -0.000000125. The standard InChI is InChI=1S/C4H8O2.H3N.Na.H/c1-3-6-4(2)5;;;/h3H2,1-2H3;1H3;;. The van der Waals surface area contributed by atoms with Crippen LogP contribution in [0.5, 0.6) is 0 Å². The van der Waals surface area contributed by atoms with Crippen molar-refractivity contribution in [2.24, 2.45) is 0 Å². The van der Waals surface area contributed by atoms with Gasteiger partial charge in [-0.1, -0.05) is 0 Å². The SMILES string of the molecule is CCOC(C)=O.N.[NaH]. The van der Waals surface area contributed by atoms with Gasteiger partial charge >= 0.3 is 35.5 Å². The van der Waals surface area contributed by atoms with Crippen molar-refractivity contribution < 1.29 is 9.53 Å². The van der Waals surface area contributed by atoms with Gasteiger partial charge < -0.3 is 10.9 Å². The summed E-state index contributed by atoms with van der Waals surface area (Å²) in [6.07, 6.45) is 0. The first kappa shape index (κ1) is 15.8. The molecule has 0 aromatic heterocycles. The molecule has 46 valence electrons. The summed E-state index contributed by atoms with van der Waals surface area (Å²) in [5, 5.41) is 0. The zero-order valence-corrected chi connectivity index (χ0v) is 4.73. The van der Waals surface area contributed by atoms with Crippen LogP contribution in [-0.4, -0.2) is 42.1 Å². The van der Waals surface area contributed by atoms with Gasteiger partial charge in [0.25, 0.3) is 0 Å². The molecule has 0 aromatic carbocycles. The van der Waals surface area contributed by atoms with E-state index in [0.717, 1.165) is 0 Å². The van der Waals surface area contributed by atoms with Crippen LogP contribution >= 0.6 is 0 Å². The zero-order chi connectivity index (χ0) is 4.99. The van der Waals surface area contributed by atoms with Crippen molar-refractivity contribution in [3.8, 4) is 0 Å². The summed E-state index contributed by atoms with van der Waals surface area (Å²) in [7, 11) is 0. The fourth-order valence-electron chi connectivity index (χ4n) is 0.203. The van der Waals surface area contributed by atoms with Gasteiger partial charge in [0.1, 0.15) is 0 Å². The predicted molar refractivity (Wildman–Crippen MR) is 34.5 cm³/mol. The first-order valence-electron chi connectivity index (χ1n) is 1.90. The van der Waals surface area contributed by atoms with Gasteiger partial charge in [-0.15, -0.1) is 0 Å². The van der Waals surface area contributed by atoms with Gasteiger partial charge in [-0.25, -0.2) is 0 Å². The summed E-state index contributed by atoms with van der Waals surface area (Å²) in [5.74, 6) is -0.211. The van der Waals surface area contributed by atoms with Crippen molar-refractivity contribution in [3.63, 3.8) is 0 Å². The molecule has 0 saturated carbocycles. The van der Waals surface area contributed by atoms with E-state index in [4.69, 9.17) is 0 Å². The van der Waals surface area contributed by atoms with E-state index < -0.39 is 0 Å². The van der Waals surface area contributed by atoms with Crippen molar-refractivity contribution >= 4 is 35.5 Å². The third-order valence-electron chi connectivity index (χ3n) is 0.348. The second-order valence-electron chi connectivity index (χ2n) is 0.925. The Morgan fingerprint density at radius 1 is 1.62 bits per heavy atom. The molecule has 0 aliphatic carbocycles. The van der Waals surface area contributed by atoms with Gasteiger partial charge in [0.15, 0.2) is 0 Å². The molecule has 8 heavy (non-hydrogen) atoms. The fraction of sp³-hybridized carbons (Fsp3) is 0.750. The van der Waals surface area contributed by atoms with E-state index >= 15 is 0 Å². The number of esters is 1. The molecule has 0 heterocycles. The minimum atomic E-state index is -0.211. The Morgan fingerprint density at radius 3 is 2.00 bits per heavy atom. The Morgan fingerprint density at radius 2 is 2.00 bits per heavy atom. The molecule has 0 bridgehead atoms. The fourth-order valence-corrected chi connectivity index (χ4v) is 0.203. The molecule has 0 aliphatic heterocycles. The number of hydrogen-bond donors (Lipinski definition) is 1. The van der Waals surface area contributed by atoms with Gasteiger partial charge in [0, 0.05) is 6.92 Å². The van der Waals surface area contributed by atoms with E-state index in [1.165, 1.54) is 6.92 Å². The van der Waals surface area contributed by atoms with Crippen LogP contribution in [0.25, 0.3) is 0 Å². The third-order valence-corrected chi connectivity index (χ3v) is 0.348. The molecular weight excluding hydrogens is 117 g/mol. The van der Waals surface area contributed by atoms with E-state index in [1.54, 1.807) is 6.92 Å². The average Bonchev–Trinajstić information content (AvgIpc) is 1.35. The van der Waals surface area contributed by atoms with Crippen LogP contribution in [0.3, 0.4) is 0 Å². The summed E-state index contributed by atoms with van der Waals surface area (Å²) < 4.78 is 4.40. The van der Waals surface area contributed by atoms with Gasteiger partial charge in [-0.2, -0.15) is 0 Å². The number of ether oxygens (including phenoxy) is 1. The van der Waals surface area contributed by atoms with Crippen LogP contribution in [-0.2, 0) is 9.53 Å². The molecule has 0 aliphatic rings. The van der Waals surface area contributed by atoms with Gasteiger partial charge in [0.2, 0.25) is 0 Å². The molecule has 4 heteroatoms. The monoisotopic (exact) mass is 129 g/mol. The Bertz CT molecular complexity index is 58.0. The summed E-state index contributed by atoms with van der Waals surface area (Å²) in [4.78, 5) is 9.82. The molecule has 3 nitrogen and oxygen atoms in total. The molecule has 0 amide bonds. The molecular formula is C4H12NNaO2. The predicted octanol–water partition coefficient (Wildman–Crippen LogP) is 0.0829. The van der Waals surface area contributed by atoms with Crippen molar-refractivity contribution in [1.82, 2.24) is 6.15 Å². The topological polar surface area (TPSA) is 61.3 Å². The molecule has 0 rings (SSSR count). The van der Waals surface area contributed by atoms with Crippen molar-refractivity contribution in [2.75, 3.05) is 6.61 Å². The Kier molecular flexibility index (Phi) is 20.6. The molecule has 0 unspecified atom stereocenters. The molecule has 0 fully saturated rings. The van der Waals surface area contributed by atoms with Crippen LogP contribution in [0, 0.1) is 0 Å². The average molecular weight is 129 g/mol. The molecule has 3 N–H and O–H groups in total. The molecule has 0 saturated heterocycles. The van der Waals surface area contributed by atoms with Crippen molar-refractivity contribution in [2.45, 2.75) is 13.8 Å². The van der Waals surface area contributed by atoms with Gasteiger partial charge in [-0.3, -0.25) is 4.79 Å². The Hall–Kier alpha value is 0.430. The van der Waals surface area contributed by atoms with E-state index in [9.17, 15) is 4.79 Å². The van der Waals surface area contributed by atoms with Crippen molar-refractivity contribution in [3.05, 3.63) is 0 Å². The number of carbonyl (C=O) groups is 1. The minimum absolute atomic E-state index is 0. The normalized spacial score (nSPS) is 5.75. The molecule has 0 atom stereocenters. The summed E-state index contributed by atoms with van der Waals surface area (Å²) in [6, 6.07) is 0. The van der Waals surface area contributed by atoms with E-state index in [-0.39, 0.29) is 41.7 Å². The van der Waals surface area contributed by atoms with E-state index in [0.29, 0.717) is 6.61 Å². The zero-order valence-electron chi connectivity index (χ0n) is 4.73. The second kappa shape index (κ2) is 10.4. The van der Waals surface area contributed by atoms with Crippen LogP contribution in [0.2, 0.25) is 0 Å². The first-order valence-corrected chi connectivity index (χ1v) is 1.90. The maximum atomic E-state index is 9.82. The third kappa shape index (κ3) is 16.1. The molecule has 0 spiro atoms. The first-order chi connectivity index (χ1) is 2.77. The van der Waals surface area contributed by atoms with Gasteiger partial charge in [0.05, 0.1) is 6.61 Å². The maximum absolute atomic E-state index is 9.82. The van der Waals surface area contributed by atoms with E-state index in [2.05, 4.69) is 4.74 Å². The quantitative estimate of drug-likeness (QED) is 0.403. The van der Waals surface area contributed by atoms with Gasteiger partial charge in [-0.05, 0) is 6.92 Å². The van der Waals surface area contributed by atoms with Crippen LogP contribution in [0.1, 0.15) is 13.8 Å². The van der Waals surface area contributed by atoms with Crippen LogP contribution in [0.4, 0.5) is 0 Å². The Labute approximate surface area is 71.7 Å². The summed E-state index contributed by atoms with van der Waals surface area (Å²) in [5.41, 5.74) is 0. The van der Waals surface area contributed by atoms with Crippen molar-refractivity contribution in [1.29, 1.82) is 0 Å². The molecule has 0 radical (unpaired) electrons. The summed E-state index contributed by atoms with van der Waals surface area (Å²) in [6.45, 7) is 3.65. The second-order valence-corrected chi connectivity index (χ2v) is 0.925. The molecule has 0 aromatic rings. The van der Waals surface area contributed by atoms with Crippen LogP contribution in [0.15, 0.2) is 0 Å². The number of rotatable bonds is 1. The number of hydrogen-bond acceptors (Lipinski definition) is 3. The van der Waals surface area contributed by atoms with E-state index in [1.807, 2.05) is 0 Å². The van der Waals surface area contributed by atoms with Crippen LogP contribution < -0.4 is 6.15 Å². The summed E-state index contributed by atoms with van der Waals surface area (Å²) >= 11 is 0.